The maximum atomic E-state index is 11.5. The lowest BCUT2D eigenvalue weighted by molar-refractivity contribution is -0.136. The van der Waals surface area contributed by atoms with Crippen LogP contribution in [0.5, 0.6) is 5.75 Å². The van der Waals surface area contributed by atoms with Crippen LogP contribution in [0.15, 0.2) is 16.6 Å². The zero-order chi connectivity index (χ0) is 12.0. The van der Waals surface area contributed by atoms with Gasteiger partial charge in [-0.25, -0.2) is 0 Å². The van der Waals surface area contributed by atoms with Crippen LogP contribution in [-0.4, -0.2) is 25.7 Å². The number of ether oxygens (including phenoxy) is 2. The van der Waals surface area contributed by atoms with Gasteiger partial charge in [0.15, 0.2) is 0 Å². The molecular formula is C11H9BrClNO3. The third-order valence-electron chi connectivity index (χ3n) is 2.95. The number of hydrogen-bond donors (Lipinski definition) is 1. The number of fused-ring (bicyclic) bond motifs is 2. The molecule has 1 saturated heterocycles. The molecule has 2 heterocycles. The molecule has 1 unspecified atom stereocenters. The minimum Gasteiger partial charge on any atom is -0.489 e. The van der Waals surface area contributed by atoms with E-state index in [0.717, 1.165) is 15.8 Å². The third-order valence-corrected chi connectivity index (χ3v) is 3.75. The highest BCUT2D eigenvalue weighted by Crippen LogP contribution is 2.44. The van der Waals surface area contributed by atoms with Gasteiger partial charge in [0.2, 0.25) is 5.91 Å². The lowest BCUT2D eigenvalue weighted by Crippen LogP contribution is -2.55. The van der Waals surface area contributed by atoms with Crippen LogP contribution in [0.25, 0.3) is 0 Å². The van der Waals surface area contributed by atoms with Crippen LogP contribution >= 0.6 is 27.5 Å². The smallest absolute Gasteiger partial charge is 0.246 e. The van der Waals surface area contributed by atoms with Crippen molar-refractivity contribution in [3.05, 3.63) is 27.2 Å². The largest absolute Gasteiger partial charge is 0.489 e. The lowest BCUT2D eigenvalue weighted by atomic mass is 9.92. The van der Waals surface area contributed by atoms with Crippen LogP contribution in [-0.2, 0) is 15.1 Å². The molecule has 1 spiro atoms. The van der Waals surface area contributed by atoms with Gasteiger partial charge in [0.05, 0.1) is 11.1 Å². The first-order valence-corrected chi connectivity index (χ1v) is 6.29. The Kier molecular flexibility index (Phi) is 2.57. The number of hydrogen-bond acceptors (Lipinski definition) is 3. The van der Waals surface area contributed by atoms with Crippen LogP contribution in [0.1, 0.15) is 5.56 Å². The zero-order valence-corrected chi connectivity index (χ0v) is 11.1. The quantitative estimate of drug-likeness (QED) is 0.794. The number of rotatable bonds is 0. The van der Waals surface area contributed by atoms with E-state index in [-0.39, 0.29) is 12.5 Å². The van der Waals surface area contributed by atoms with Crippen LogP contribution in [0.3, 0.4) is 0 Å². The highest BCUT2D eigenvalue weighted by atomic mass is 79.9. The second-order valence-electron chi connectivity index (χ2n) is 4.18. The molecule has 0 radical (unpaired) electrons. The number of halogens is 2. The molecule has 0 aliphatic carbocycles. The SMILES string of the molecule is O=C1COCC2(COc3c(Br)cc(Cl)cc32)N1. The number of morpholine rings is 1. The molecular weight excluding hydrogens is 309 g/mol. The van der Waals surface area contributed by atoms with Crippen LogP contribution in [0.4, 0.5) is 0 Å². The number of benzene rings is 1. The highest BCUT2D eigenvalue weighted by molar-refractivity contribution is 9.10. The van der Waals surface area contributed by atoms with E-state index in [4.69, 9.17) is 21.1 Å². The van der Waals surface area contributed by atoms with Gasteiger partial charge < -0.3 is 14.8 Å². The van der Waals surface area contributed by atoms with Gasteiger partial charge in [-0.2, -0.15) is 0 Å². The van der Waals surface area contributed by atoms with Gasteiger partial charge in [-0.1, -0.05) is 11.6 Å². The standard InChI is InChI=1S/C11H9BrClNO3/c12-8-2-6(13)1-7-10(8)17-5-11(7)4-16-3-9(15)14-11/h1-2H,3-5H2,(H,14,15). The van der Waals surface area contributed by atoms with Crippen molar-refractivity contribution in [3.8, 4) is 5.75 Å². The molecule has 2 aliphatic heterocycles. The Morgan fingerprint density at radius 1 is 1.41 bits per heavy atom. The van der Waals surface area contributed by atoms with Gasteiger partial charge in [0.1, 0.15) is 24.5 Å². The second kappa shape index (κ2) is 3.86. The fraction of sp³-hybridized carbons (Fsp3) is 0.364. The van der Waals surface area contributed by atoms with Crippen molar-refractivity contribution in [2.24, 2.45) is 0 Å². The number of amides is 1. The molecule has 0 saturated carbocycles. The topological polar surface area (TPSA) is 47.6 Å². The maximum Gasteiger partial charge on any atom is 0.246 e. The van der Waals surface area contributed by atoms with Gasteiger partial charge in [-0.15, -0.1) is 0 Å². The van der Waals surface area contributed by atoms with Gasteiger partial charge in [0, 0.05) is 10.6 Å². The fourth-order valence-corrected chi connectivity index (χ4v) is 3.14. The molecule has 4 nitrogen and oxygen atoms in total. The van der Waals surface area contributed by atoms with E-state index in [2.05, 4.69) is 21.2 Å². The Morgan fingerprint density at radius 3 is 3.00 bits per heavy atom. The Morgan fingerprint density at radius 2 is 2.24 bits per heavy atom. The Balaban J connectivity index is 2.11. The normalized spacial score (nSPS) is 26.6. The molecule has 1 amide bonds. The molecule has 6 heteroatoms. The number of nitrogens with one attached hydrogen (secondary N) is 1. The van der Waals surface area contributed by atoms with Crippen molar-refractivity contribution >= 4 is 33.4 Å². The Bertz CT molecular complexity index is 508. The number of carbonyl (C=O) groups excluding carboxylic acids is 1. The highest BCUT2D eigenvalue weighted by Gasteiger charge is 2.45. The van der Waals surface area contributed by atoms with Crippen molar-refractivity contribution in [2.45, 2.75) is 5.54 Å². The third kappa shape index (κ3) is 1.73. The van der Waals surface area contributed by atoms with Gasteiger partial charge in [0.25, 0.3) is 0 Å². The van der Waals surface area contributed by atoms with Gasteiger partial charge in [-0.05, 0) is 28.1 Å². The molecule has 1 fully saturated rings. The average molecular weight is 319 g/mol. The van der Waals surface area contributed by atoms with Gasteiger partial charge >= 0.3 is 0 Å². The first-order chi connectivity index (χ1) is 8.11. The monoisotopic (exact) mass is 317 g/mol. The van der Waals surface area contributed by atoms with Crippen molar-refractivity contribution in [3.63, 3.8) is 0 Å². The molecule has 17 heavy (non-hydrogen) atoms. The van der Waals surface area contributed by atoms with Crippen LogP contribution in [0.2, 0.25) is 5.02 Å². The van der Waals surface area contributed by atoms with E-state index in [1.165, 1.54) is 0 Å². The van der Waals surface area contributed by atoms with E-state index in [1.807, 2.05) is 6.07 Å². The zero-order valence-electron chi connectivity index (χ0n) is 8.76. The summed E-state index contributed by atoms with van der Waals surface area (Å²) in [5.74, 6) is 0.587. The first-order valence-electron chi connectivity index (χ1n) is 5.12. The summed E-state index contributed by atoms with van der Waals surface area (Å²) in [5, 5.41) is 3.53. The number of carbonyl (C=O) groups is 1. The molecule has 90 valence electrons. The molecule has 2 aliphatic rings. The summed E-state index contributed by atoms with van der Waals surface area (Å²) >= 11 is 9.43. The van der Waals surface area contributed by atoms with E-state index in [1.54, 1.807) is 6.07 Å². The Hall–Kier alpha value is -0.780. The molecule has 1 aromatic rings. The average Bonchev–Trinajstić information content (AvgIpc) is 2.58. The summed E-state index contributed by atoms with van der Waals surface area (Å²) in [4.78, 5) is 11.5. The minimum atomic E-state index is -0.599. The van der Waals surface area contributed by atoms with E-state index in [0.29, 0.717) is 18.2 Å². The molecule has 3 rings (SSSR count). The first kappa shape index (κ1) is 11.3. The summed E-state index contributed by atoms with van der Waals surface area (Å²) in [6.07, 6.45) is 0. The second-order valence-corrected chi connectivity index (χ2v) is 5.47. The van der Waals surface area contributed by atoms with Crippen molar-refractivity contribution in [1.82, 2.24) is 5.32 Å². The summed E-state index contributed by atoms with van der Waals surface area (Å²) in [5.41, 5.74) is 0.267. The van der Waals surface area contributed by atoms with E-state index < -0.39 is 5.54 Å². The molecule has 1 aromatic carbocycles. The van der Waals surface area contributed by atoms with E-state index in [9.17, 15) is 4.79 Å². The molecule has 1 N–H and O–H groups in total. The summed E-state index contributed by atoms with van der Waals surface area (Å²) in [6, 6.07) is 3.58. The van der Waals surface area contributed by atoms with Crippen molar-refractivity contribution < 1.29 is 14.3 Å². The van der Waals surface area contributed by atoms with Crippen LogP contribution in [0, 0.1) is 0 Å². The molecule has 0 aromatic heterocycles. The fourth-order valence-electron chi connectivity index (χ4n) is 2.22. The predicted octanol–water partition coefficient (Wildman–Crippen LogP) is 1.84. The van der Waals surface area contributed by atoms with Gasteiger partial charge in [-0.3, -0.25) is 4.79 Å². The minimum absolute atomic E-state index is 0.0961. The van der Waals surface area contributed by atoms with E-state index >= 15 is 0 Å². The maximum absolute atomic E-state index is 11.5. The van der Waals surface area contributed by atoms with Crippen LogP contribution < -0.4 is 10.1 Å². The molecule has 1 atom stereocenters. The Labute approximate surface area is 111 Å². The van der Waals surface area contributed by atoms with Crippen molar-refractivity contribution in [2.75, 3.05) is 19.8 Å². The summed E-state index contributed by atoms with van der Waals surface area (Å²) in [6.45, 7) is 0.865. The molecule has 0 bridgehead atoms. The lowest BCUT2D eigenvalue weighted by Gasteiger charge is -2.32. The van der Waals surface area contributed by atoms with Crippen molar-refractivity contribution in [1.29, 1.82) is 0 Å². The summed E-state index contributed by atoms with van der Waals surface area (Å²) in [7, 11) is 0. The predicted molar refractivity (Wildman–Crippen MR) is 65.3 cm³/mol. The summed E-state index contributed by atoms with van der Waals surface area (Å²) < 4.78 is 11.7.